The van der Waals surface area contributed by atoms with Gasteiger partial charge in [0.15, 0.2) is 0 Å². The van der Waals surface area contributed by atoms with Crippen LogP contribution in [0.25, 0.3) is 11.3 Å². The molecule has 0 spiro atoms. The van der Waals surface area contributed by atoms with Crippen LogP contribution in [0.2, 0.25) is 0 Å². The third-order valence-electron chi connectivity index (χ3n) is 2.47. The van der Waals surface area contributed by atoms with E-state index in [0.717, 1.165) is 17.7 Å². The van der Waals surface area contributed by atoms with E-state index in [9.17, 15) is 0 Å². The van der Waals surface area contributed by atoms with Crippen molar-refractivity contribution in [2.75, 3.05) is 5.73 Å². The molecule has 0 aliphatic rings. The molecule has 0 aliphatic heterocycles. The van der Waals surface area contributed by atoms with Crippen LogP contribution in [0.1, 0.15) is 19.4 Å². The summed E-state index contributed by atoms with van der Waals surface area (Å²) in [6.45, 7) is 4.42. The number of rotatable bonds is 3. The molecule has 0 saturated heterocycles. The van der Waals surface area contributed by atoms with Crippen molar-refractivity contribution in [1.82, 2.24) is 15.2 Å². The third kappa shape index (κ3) is 3.00. The number of nitrogens with two attached hydrogens (primary N) is 1. The van der Waals surface area contributed by atoms with Crippen molar-refractivity contribution in [1.29, 1.82) is 0 Å². The van der Waals surface area contributed by atoms with Gasteiger partial charge >= 0.3 is 0 Å². The predicted molar refractivity (Wildman–Crippen MR) is 68.2 cm³/mol. The van der Waals surface area contributed by atoms with Gasteiger partial charge < -0.3 is 5.73 Å². The van der Waals surface area contributed by atoms with Crippen LogP contribution >= 0.6 is 0 Å². The van der Waals surface area contributed by atoms with Crippen molar-refractivity contribution in [2.24, 2.45) is 5.92 Å². The maximum Gasteiger partial charge on any atom is 0.240 e. The quantitative estimate of drug-likeness (QED) is 0.875. The van der Waals surface area contributed by atoms with Gasteiger partial charge in [-0.05, 0) is 17.9 Å². The molecule has 1 aromatic carbocycles. The minimum absolute atomic E-state index is 0.203. The van der Waals surface area contributed by atoms with Crippen molar-refractivity contribution in [2.45, 2.75) is 20.3 Å². The van der Waals surface area contributed by atoms with Gasteiger partial charge in [-0.1, -0.05) is 38.1 Å². The molecule has 2 aromatic rings. The average molecular weight is 228 g/mol. The minimum atomic E-state index is 0.203. The Morgan fingerprint density at radius 1 is 1.18 bits per heavy atom. The topological polar surface area (TPSA) is 64.7 Å². The lowest BCUT2D eigenvalue weighted by Gasteiger charge is -2.06. The first-order chi connectivity index (χ1) is 8.15. The van der Waals surface area contributed by atoms with Gasteiger partial charge in [-0.15, -0.1) is 5.10 Å². The van der Waals surface area contributed by atoms with Crippen molar-refractivity contribution >= 4 is 5.95 Å². The van der Waals surface area contributed by atoms with E-state index in [4.69, 9.17) is 5.73 Å². The maximum atomic E-state index is 5.51. The van der Waals surface area contributed by atoms with E-state index in [1.807, 2.05) is 12.1 Å². The Labute approximate surface area is 101 Å². The van der Waals surface area contributed by atoms with Crippen LogP contribution in [0, 0.1) is 5.92 Å². The zero-order valence-corrected chi connectivity index (χ0v) is 10.1. The van der Waals surface area contributed by atoms with Gasteiger partial charge in [-0.2, -0.15) is 5.10 Å². The number of hydrogen-bond acceptors (Lipinski definition) is 4. The highest BCUT2D eigenvalue weighted by atomic mass is 15.2. The van der Waals surface area contributed by atoms with Gasteiger partial charge in [-0.3, -0.25) is 0 Å². The van der Waals surface area contributed by atoms with Crippen molar-refractivity contribution < 1.29 is 0 Å². The third-order valence-corrected chi connectivity index (χ3v) is 2.47. The van der Waals surface area contributed by atoms with Crippen molar-refractivity contribution in [3.63, 3.8) is 0 Å². The normalized spacial score (nSPS) is 10.8. The van der Waals surface area contributed by atoms with Crippen LogP contribution in [-0.4, -0.2) is 15.2 Å². The molecule has 0 aliphatic carbocycles. The summed E-state index contributed by atoms with van der Waals surface area (Å²) < 4.78 is 0. The summed E-state index contributed by atoms with van der Waals surface area (Å²) >= 11 is 0. The Morgan fingerprint density at radius 3 is 2.47 bits per heavy atom. The molecule has 0 atom stereocenters. The molecule has 0 bridgehead atoms. The Bertz CT molecular complexity index is 491. The Morgan fingerprint density at radius 2 is 1.88 bits per heavy atom. The molecule has 2 rings (SSSR count). The van der Waals surface area contributed by atoms with Gasteiger partial charge in [-0.25, -0.2) is 4.98 Å². The summed E-state index contributed by atoms with van der Waals surface area (Å²) in [5.74, 6) is 0.867. The van der Waals surface area contributed by atoms with Crippen molar-refractivity contribution in [3.8, 4) is 11.3 Å². The summed E-state index contributed by atoms with van der Waals surface area (Å²) in [5, 5.41) is 7.43. The smallest absolute Gasteiger partial charge is 0.240 e. The monoisotopic (exact) mass is 228 g/mol. The largest absolute Gasteiger partial charge is 0.366 e. The molecular weight excluding hydrogens is 212 g/mol. The standard InChI is InChI=1S/C13H16N4/c1-9(2)7-10-3-5-11(6-4-10)12-8-15-17-13(14)16-12/h3-6,8-9H,7H2,1-2H3,(H2,14,16,17). The number of nitrogen functional groups attached to an aromatic ring is 1. The van der Waals surface area contributed by atoms with Gasteiger partial charge in [0.05, 0.1) is 11.9 Å². The molecule has 88 valence electrons. The fourth-order valence-corrected chi connectivity index (χ4v) is 1.74. The molecular formula is C13H16N4. The summed E-state index contributed by atoms with van der Waals surface area (Å²) in [5.41, 5.74) is 8.61. The Balaban J connectivity index is 2.23. The zero-order valence-electron chi connectivity index (χ0n) is 10.1. The second-order valence-corrected chi connectivity index (χ2v) is 4.49. The molecule has 0 unspecified atom stereocenters. The average Bonchev–Trinajstić information content (AvgIpc) is 2.29. The van der Waals surface area contributed by atoms with Gasteiger partial charge in [0.1, 0.15) is 0 Å². The van der Waals surface area contributed by atoms with E-state index in [0.29, 0.717) is 5.92 Å². The summed E-state index contributed by atoms with van der Waals surface area (Å²) in [6.07, 6.45) is 2.71. The molecule has 4 heteroatoms. The first kappa shape index (κ1) is 11.5. The molecule has 4 nitrogen and oxygen atoms in total. The van der Waals surface area contributed by atoms with E-state index >= 15 is 0 Å². The van der Waals surface area contributed by atoms with E-state index in [-0.39, 0.29) is 5.95 Å². The van der Waals surface area contributed by atoms with Crippen LogP contribution in [0.3, 0.4) is 0 Å². The van der Waals surface area contributed by atoms with Gasteiger partial charge in [0, 0.05) is 5.56 Å². The molecule has 1 aromatic heterocycles. The van der Waals surface area contributed by atoms with Crippen LogP contribution in [0.5, 0.6) is 0 Å². The number of hydrogen-bond donors (Lipinski definition) is 1. The molecule has 0 amide bonds. The highest BCUT2D eigenvalue weighted by Gasteiger charge is 2.02. The molecule has 2 N–H and O–H groups in total. The molecule has 17 heavy (non-hydrogen) atoms. The summed E-state index contributed by atoms with van der Waals surface area (Å²) in [6, 6.07) is 8.32. The molecule has 1 heterocycles. The zero-order chi connectivity index (χ0) is 12.3. The summed E-state index contributed by atoms with van der Waals surface area (Å²) in [7, 11) is 0. The second-order valence-electron chi connectivity index (χ2n) is 4.49. The highest BCUT2D eigenvalue weighted by molar-refractivity contribution is 5.59. The first-order valence-electron chi connectivity index (χ1n) is 5.69. The van der Waals surface area contributed by atoms with E-state index in [1.165, 1.54) is 5.56 Å². The molecule has 0 fully saturated rings. The lowest BCUT2D eigenvalue weighted by molar-refractivity contribution is 0.647. The number of nitrogens with zero attached hydrogens (tertiary/aromatic N) is 3. The fraction of sp³-hybridized carbons (Fsp3) is 0.308. The predicted octanol–water partition coefficient (Wildman–Crippen LogP) is 2.32. The first-order valence-corrected chi connectivity index (χ1v) is 5.69. The van der Waals surface area contributed by atoms with E-state index in [1.54, 1.807) is 6.20 Å². The van der Waals surface area contributed by atoms with Crippen LogP contribution < -0.4 is 5.73 Å². The maximum absolute atomic E-state index is 5.51. The number of aromatic nitrogens is 3. The Kier molecular flexibility index (Phi) is 3.32. The minimum Gasteiger partial charge on any atom is -0.366 e. The van der Waals surface area contributed by atoms with Crippen molar-refractivity contribution in [3.05, 3.63) is 36.0 Å². The lowest BCUT2D eigenvalue weighted by atomic mass is 10.0. The van der Waals surface area contributed by atoms with E-state index in [2.05, 4.69) is 41.2 Å². The fourth-order valence-electron chi connectivity index (χ4n) is 1.74. The highest BCUT2D eigenvalue weighted by Crippen LogP contribution is 2.18. The van der Waals surface area contributed by atoms with Crippen LogP contribution in [0.4, 0.5) is 5.95 Å². The number of anilines is 1. The number of benzene rings is 1. The molecule has 0 radical (unpaired) electrons. The van der Waals surface area contributed by atoms with Crippen LogP contribution in [-0.2, 0) is 6.42 Å². The van der Waals surface area contributed by atoms with E-state index < -0.39 is 0 Å². The Hall–Kier alpha value is -1.97. The van der Waals surface area contributed by atoms with Gasteiger partial charge in [0.2, 0.25) is 5.95 Å². The summed E-state index contributed by atoms with van der Waals surface area (Å²) in [4.78, 5) is 4.14. The second kappa shape index (κ2) is 4.91. The van der Waals surface area contributed by atoms with Crippen LogP contribution in [0.15, 0.2) is 30.5 Å². The SMILES string of the molecule is CC(C)Cc1ccc(-c2cnnc(N)n2)cc1. The van der Waals surface area contributed by atoms with Gasteiger partial charge in [0.25, 0.3) is 0 Å². The lowest BCUT2D eigenvalue weighted by Crippen LogP contribution is -1.98. The molecule has 0 saturated carbocycles.